The number of amides is 6. The van der Waals surface area contributed by atoms with Crippen LogP contribution in [-0.2, 0) is 24.6 Å². The number of phenols is 1. The first kappa shape index (κ1) is 29.3. The van der Waals surface area contributed by atoms with E-state index in [-0.39, 0.29) is 24.3 Å². The first-order chi connectivity index (χ1) is 22.1. The summed E-state index contributed by atoms with van der Waals surface area (Å²) >= 11 is 0. The molecule has 6 unspecified atom stereocenters. The molecular weight excluding hydrogens is 588 g/mol. The van der Waals surface area contributed by atoms with E-state index < -0.39 is 64.7 Å². The second kappa shape index (κ2) is 10.6. The molecule has 3 aromatic rings. The third-order valence-electron chi connectivity index (χ3n) is 10.2. The molecule has 6 amide bonds. The highest BCUT2D eigenvalue weighted by molar-refractivity contribution is 6.17. The molecule has 6 atom stereocenters. The Bertz CT molecular complexity index is 1840. The van der Waals surface area contributed by atoms with Gasteiger partial charge in [0.15, 0.2) is 11.5 Å². The zero-order chi connectivity index (χ0) is 32.5. The van der Waals surface area contributed by atoms with Crippen LogP contribution >= 0.6 is 0 Å². The van der Waals surface area contributed by atoms with Crippen molar-refractivity contribution in [3.8, 4) is 11.5 Å². The summed E-state index contributed by atoms with van der Waals surface area (Å²) in [6.45, 7) is 1.93. The maximum Gasteiger partial charge on any atom is 0.328 e. The van der Waals surface area contributed by atoms with Crippen LogP contribution in [-0.4, -0.2) is 51.8 Å². The van der Waals surface area contributed by atoms with E-state index in [1.807, 2.05) is 31.2 Å². The van der Waals surface area contributed by atoms with E-state index >= 15 is 4.79 Å². The second-order valence-electron chi connectivity index (χ2n) is 12.3. The van der Waals surface area contributed by atoms with Crippen molar-refractivity contribution >= 4 is 35.3 Å². The van der Waals surface area contributed by atoms with E-state index in [1.165, 1.54) is 7.11 Å². The van der Waals surface area contributed by atoms with E-state index in [0.717, 1.165) is 10.6 Å². The van der Waals surface area contributed by atoms with Crippen LogP contribution in [0, 0.1) is 30.6 Å². The van der Waals surface area contributed by atoms with Gasteiger partial charge in [0.05, 0.1) is 36.0 Å². The lowest BCUT2D eigenvalue weighted by Gasteiger charge is -2.50. The summed E-state index contributed by atoms with van der Waals surface area (Å²) in [5, 5.41) is 12.7. The Morgan fingerprint density at radius 1 is 0.935 bits per heavy atom. The van der Waals surface area contributed by atoms with Crippen molar-refractivity contribution in [2.24, 2.45) is 29.4 Å². The third kappa shape index (κ3) is 3.93. The number of nitrogens with one attached hydrogen (secondary N) is 1. The Hall–Kier alpha value is -5.45. The van der Waals surface area contributed by atoms with Crippen molar-refractivity contribution in [1.82, 2.24) is 9.91 Å². The molecule has 0 aromatic heterocycles. The Morgan fingerprint density at radius 2 is 1.65 bits per heavy atom. The zero-order valence-electron chi connectivity index (χ0n) is 25.2. The molecule has 0 bridgehead atoms. The van der Waals surface area contributed by atoms with Crippen LogP contribution in [0.1, 0.15) is 35.4 Å². The van der Waals surface area contributed by atoms with Gasteiger partial charge in [0.25, 0.3) is 11.8 Å². The van der Waals surface area contributed by atoms with Crippen molar-refractivity contribution in [1.29, 1.82) is 0 Å². The van der Waals surface area contributed by atoms with Crippen LogP contribution in [0.15, 0.2) is 84.4 Å². The molecule has 2 saturated heterocycles. The number of fused-ring (bicyclic) bond motifs is 4. The lowest BCUT2D eigenvalue weighted by atomic mass is 9.49. The average molecular weight is 621 g/mol. The third-order valence-corrected chi connectivity index (χ3v) is 10.2. The fraction of sp³-hybridized carbons (Fsp3) is 0.286. The van der Waals surface area contributed by atoms with Gasteiger partial charge in [-0.05, 0) is 49.4 Å². The Kier molecular flexibility index (Phi) is 6.73. The first-order valence-electron chi connectivity index (χ1n) is 15.1. The number of methoxy groups -OCH3 is 1. The van der Waals surface area contributed by atoms with Crippen molar-refractivity contribution in [3.05, 3.63) is 101 Å². The van der Waals surface area contributed by atoms with Crippen LogP contribution in [0.5, 0.6) is 11.5 Å². The van der Waals surface area contributed by atoms with E-state index in [0.29, 0.717) is 27.3 Å². The normalized spacial score (nSPS) is 28.4. The van der Waals surface area contributed by atoms with E-state index in [9.17, 15) is 24.3 Å². The summed E-state index contributed by atoms with van der Waals surface area (Å²) in [6, 6.07) is 20.1. The Morgan fingerprint density at radius 3 is 2.33 bits per heavy atom. The largest absolute Gasteiger partial charge is 0.504 e. The minimum Gasteiger partial charge on any atom is -0.504 e. The number of para-hydroxylation sites is 1. The number of phenolic OH excluding ortho intramolecular Hbond substituents is 1. The number of urea groups is 1. The summed E-state index contributed by atoms with van der Waals surface area (Å²) in [5.41, 5.74) is 10.0. The number of nitrogens with two attached hydrogens (primary N) is 1. The lowest BCUT2D eigenvalue weighted by molar-refractivity contribution is -0.139. The maximum atomic E-state index is 15.1. The number of allylic oxidation sites excluding steroid dienone is 2. The number of aryl methyl sites for hydroxylation is 1. The number of rotatable bonds is 5. The molecule has 46 heavy (non-hydrogen) atoms. The monoisotopic (exact) mass is 620 g/mol. The number of carbonyl (C=O) groups excluding carboxylic acids is 5. The van der Waals surface area contributed by atoms with Gasteiger partial charge in [-0.25, -0.2) is 4.79 Å². The molecule has 7 rings (SSSR count). The average Bonchev–Trinajstić information content (AvgIpc) is 3.44. The van der Waals surface area contributed by atoms with Crippen LogP contribution in [0.3, 0.4) is 0 Å². The summed E-state index contributed by atoms with van der Waals surface area (Å²) in [5.74, 6) is -6.91. The number of hydrazine groups is 1. The highest BCUT2D eigenvalue weighted by Crippen LogP contribution is 2.65. The number of ether oxygens (including phenoxy) is 1. The van der Waals surface area contributed by atoms with E-state index in [2.05, 4.69) is 5.43 Å². The molecule has 2 aliphatic heterocycles. The van der Waals surface area contributed by atoms with Crippen molar-refractivity contribution < 1.29 is 33.8 Å². The smallest absolute Gasteiger partial charge is 0.328 e. The number of carbonyl (C=O) groups is 5. The number of nitrogens with zero attached hydrogens (tertiary/aromatic N) is 2. The van der Waals surface area contributed by atoms with Gasteiger partial charge in [-0.15, -0.1) is 0 Å². The number of aromatic hydroxyl groups is 1. The molecule has 11 nitrogen and oxygen atoms in total. The number of hydrogen-bond acceptors (Lipinski definition) is 8. The van der Waals surface area contributed by atoms with E-state index in [4.69, 9.17) is 10.5 Å². The minimum atomic E-state index is -1.55. The zero-order valence-corrected chi connectivity index (χ0v) is 25.2. The summed E-state index contributed by atoms with van der Waals surface area (Å²) in [7, 11) is 1.42. The van der Waals surface area contributed by atoms with E-state index in [1.54, 1.807) is 54.6 Å². The van der Waals surface area contributed by atoms with Gasteiger partial charge in [0.2, 0.25) is 11.8 Å². The molecular formula is C35H32N4O7. The van der Waals surface area contributed by atoms with Crippen molar-refractivity contribution in [3.63, 3.8) is 0 Å². The number of primary amides is 1. The lowest BCUT2D eigenvalue weighted by Crippen LogP contribution is -2.53. The fourth-order valence-corrected chi connectivity index (χ4v) is 8.25. The molecule has 234 valence electrons. The van der Waals surface area contributed by atoms with Gasteiger partial charge >= 0.3 is 6.03 Å². The predicted octanol–water partition coefficient (Wildman–Crippen LogP) is 3.77. The van der Waals surface area contributed by atoms with Crippen molar-refractivity contribution in [2.75, 3.05) is 12.5 Å². The molecule has 2 aliphatic carbocycles. The van der Waals surface area contributed by atoms with Crippen molar-refractivity contribution in [2.45, 2.75) is 31.1 Å². The minimum absolute atomic E-state index is 0.0470. The second-order valence-corrected chi connectivity index (χ2v) is 12.3. The SMILES string of the molecule is COc1cccc(C2C3=CCC4C(=O)N(C(N)=O)C(=O)C4C3CC3C(=O)N(Nc4ccc(C)cc4)C(=O)C32c2ccccc2)c1O. The van der Waals surface area contributed by atoms with Crippen LogP contribution in [0.25, 0.3) is 0 Å². The van der Waals surface area contributed by atoms with Gasteiger partial charge in [-0.3, -0.25) is 24.6 Å². The van der Waals surface area contributed by atoms with Gasteiger partial charge < -0.3 is 15.6 Å². The van der Waals surface area contributed by atoms with Crippen LogP contribution < -0.4 is 15.9 Å². The number of hydrogen-bond donors (Lipinski definition) is 3. The molecule has 0 spiro atoms. The molecule has 3 aromatic carbocycles. The topological polar surface area (TPSA) is 159 Å². The molecule has 3 fully saturated rings. The summed E-state index contributed by atoms with van der Waals surface area (Å²) < 4.78 is 5.46. The predicted molar refractivity (Wildman–Crippen MR) is 165 cm³/mol. The number of imide groups is 4. The number of anilines is 1. The molecule has 0 radical (unpaired) electrons. The quantitative estimate of drug-likeness (QED) is 0.287. The number of benzene rings is 3. The molecule has 11 heteroatoms. The fourth-order valence-electron chi connectivity index (χ4n) is 8.25. The number of likely N-dealkylation sites (tertiary alicyclic amines) is 1. The van der Waals surface area contributed by atoms with Crippen LogP contribution in [0.2, 0.25) is 0 Å². The summed E-state index contributed by atoms with van der Waals surface area (Å²) in [6.07, 6.45) is 2.00. The highest BCUT2D eigenvalue weighted by Gasteiger charge is 2.70. The molecule has 4 aliphatic rings. The molecule has 1 saturated carbocycles. The van der Waals surface area contributed by atoms with Gasteiger partial charge in [-0.1, -0.05) is 71.8 Å². The van der Waals surface area contributed by atoms with Gasteiger partial charge in [0.1, 0.15) is 0 Å². The maximum absolute atomic E-state index is 15.1. The summed E-state index contributed by atoms with van der Waals surface area (Å²) in [4.78, 5) is 69.3. The van der Waals surface area contributed by atoms with Gasteiger partial charge in [-0.2, -0.15) is 9.91 Å². The highest BCUT2D eigenvalue weighted by atomic mass is 16.5. The molecule has 4 N–H and O–H groups in total. The van der Waals surface area contributed by atoms with Gasteiger partial charge in [0, 0.05) is 11.5 Å². The standard InChI is InChI=1S/C35H32N4O7/c1-18-11-13-20(14-12-18)37-39-31(42)25-17-24-21(15-16-22-27(24)32(43)38(30(22)41)34(36)45)28(23-9-6-10-26(46-2)29(23)40)35(25,33(39)44)19-7-4-3-5-8-19/h3-15,22,24-25,27-28,37,40H,16-17H2,1-2H3,(H2,36,45). The van der Waals surface area contributed by atoms with Crippen LogP contribution in [0.4, 0.5) is 10.5 Å². The Labute approximate surface area is 264 Å². The molecule has 2 heterocycles. The Balaban J connectivity index is 1.48. The first-order valence-corrected chi connectivity index (χ1v) is 15.1.